The van der Waals surface area contributed by atoms with E-state index >= 15 is 0 Å². The zero-order chi connectivity index (χ0) is 47.4. The van der Waals surface area contributed by atoms with E-state index in [1.807, 2.05) is 60.7 Å². The monoisotopic (exact) mass is 772 g/mol. The van der Waals surface area contributed by atoms with Crippen molar-refractivity contribution in [2.24, 2.45) is 0 Å². The summed E-state index contributed by atoms with van der Waals surface area (Å²) in [5.74, 6) is 0. The second kappa shape index (κ2) is 13.9. The molecule has 0 saturated carbocycles. The van der Waals surface area contributed by atoms with Gasteiger partial charge in [-0.25, -0.2) is 0 Å². The summed E-state index contributed by atoms with van der Waals surface area (Å²) in [7, 11) is 0. The number of benzene rings is 11. The predicted molar refractivity (Wildman–Crippen MR) is 255 cm³/mol. The van der Waals surface area contributed by atoms with Crippen LogP contribution in [0.2, 0.25) is 0 Å². The third-order valence-electron chi connectivity index (χ3n) is 11.5. The molecular weight excluding hydrogens is 727 g/mol. The number of furan rings is 1. The van der Waals surface area contributed by atoms with Crippen molar-refractivity contribution in [2.45, 2.75) is 0 Å². The quantitative estimate of drug-likeness (QED) is 0.157. The summed E-state index contributed by atoms with van der Waals surface area (Å²) in [4.78, 5) is 2.18. The maximum Gasteiger partial charge on any atom is 0.143 e. The molecule has 0 radical (unpaired) electrons. The van der Waals surface area contributed by atoms with E-state index in [2.05, 4.69) is 102 Å². The Morgan fingerprint density at radius 2 is 1.05 bits per heavy atom. The fourth-order valence-corrected chi connectivity index (χ4v) is 8.68. The Morgan fingerprint density at radius 1 is 0.333 bits per heavy atom. The Bertz CT molecular complexity index is 4130. The van der Waals surface area contributed by atoms with Crippen molar-refractivity contribution in [2.75, 3.05) is 4.90 Å². The van der Waals surface area contributed by atoms with Crippen LogP contribution < -0.4 is 4.90 Å². The van der Waals surface area contributed by atoms with E-state index in [-0.39, 0.29) is 33.2 Å². The number of hydrogen-bond donors (Lipinski definition) is 0. The van der Waals surface area contributed by atoms with Gasteiger partial charge < -0.3 is 9.32 Å². The highest BCUT2D eigenvalue weighted by atomic mass is 16.3. The first-order valence-corrected chi connectivity index (χ1v) is 19.8. The third-order valence-corrected chi connectivity index (χ3v) is 11.5. The number of rotatable bonds is 6. The molecule has 2 nitrogen and oxygen atoms in total. The molecule has 0 fully saturated rings. The molecule has 2 heteroatoms. The van der Waals surface area contributed by atoms with Gasteiger partial charge in [0.1, 0.15) is 11.2 Å². The van der Waals surface area contributed by atoms with Crippen LogP contribution in [0.4, 0.5) is 17.1 Å². The Kier molecular flexibility index (Phi) is 6.04. The second-order valence-electron chi connectivity index (χ2n) is 15.0. The number of fused-ring (bicyclic) bond motifs is 9. The third kappa shape index (κ3) is 5.65. The molecule has 0 amide bonds. The molecule has 0 aliphatic rings. The molecule has 0 spiro atoms. The van der Waals surface area contributed by atoms with Crippen molar-refractivity contribution in [3.8, 4) is 33.4 Å². The smallest absolute Gasteiger partial charge is 0.143 e. The van der Waals surface area contributed by atoms with Crippen LogP contribution in [-0.4, -0.2) is 0 Å². The first-order chi connectivity index (χ1) is 33.5. The molecular formula is C58H37NO. The van der Waals surface area contributed by atoms with Gasteiger partial charge >= 0.3 is 0 Å². The van der Waals surface area contributed by atoms with Crippen molar-refractivity contribution in [3.05, 3.63) is 224 Å². The average Bonchev–Trinajstić information content (AvgIpc) is 3.77. The number of hydrogen-bond acceptors (Lipinski definition) is 2. The molecule has 12 aromatic rings. The van der Waals surface area contributed by atoms with Crippen LogP contribution in [0.1, 0.15) is 12.3 Å². The molecule has 1 heterocycles. The highest BCUT2D eigenvalue weighted by Crippen LogP contribution is 2.44. The van der Waals surface area contributed by atoms with Gasteiger partial charge in [-0.1, -0.05) is 176 Å². The van der Waals surface area contributed by atoms with Crippen LogP contribution in [-0.2, 0) is 0 Å². The van der Waals surface area contributed by atoms with Crippen molar-refractivity contribution in [3.63, 3.8) is 0 Å². The largest absolute Gasteiger partial charge is 0.455 e. The van der Waals surface area contributed by atoms with E-state index in [1.165, 1.54) is 0 Å². The minimum Gasteiger partial charge on any atom is -0.455 e. The summed E-state index contributed by atoms with van der Waals surface area (Å²) < 4.78 is 86.4. The maximum absolute atomic E-state index is 9.26. The van der Waals surface area contributed by atoms with E-state index in [0.717, 1.165) is 82.8 Å². The van der Waals surface area contributed by atoms with Crippen molar-refractivity contribution in [1.29, 1.82) is 0 Å². The lowest BCUT2D eigenvalue weighted by Crippen LogP contribution is -2.10. The fourth-order valence-electron chi connectivity index (χ4n) is 8.68. The lowest BCUT2D eigenvalue weighted by Gasteiger charge is -2.27. The zero-order valence-corrected chi connectivity index (χ0v) is 32.0. The first kappa shape index (κ1) is 26.1. The summed E-state index contributed by atoms with van der Waals surface area (Å²) in [5.41, 5.74) is 8.48. The summed E-state index contributed by atoms with van der Waals surface area (Å²) in [6.07, 6.45) is 0. The minimum atomic E-state index is -0.553. The average molecular weight is 773 g/mol. The van der Waals surface area contributed by atoms with Gasteiger partial charge in [-0.05, 0) is 119 Å². The summed E-state index contributed by atoms with van der Waals surface area (Å²) in [5, 5.41) is 6.06. The van der Waals surface area contributed by atoms with Crippen LogP contribution in [0.5, 0.6) is 0 Å². The number of anilines is 3. The molecule has 0 atom stereocenters. The Labute approximate surface area is 360 Å². The lowest BCUT2D eigenvalue weighted by molar-refractivity contribution is 0.670. The van der Waals surface area contributed by atoms with Gasteiger partial charge in [0, 0.05) is 33.4 Å². The van der Waals surface area contributed by atoms with Gasteiger partial charge in [0.25, 0.3) is 0 Å². The van der Waals surface area contributed by atoms with Crippen LogP contribution in [0.25, 0.3) is 98.4 Å². The first-order valence-electron chi connectivity index (χ1n) is 24.3. The molecule has 60 heavy (non-hydrogen) atoms. The molecule has 0 saturated heterocycles. The summed E-state index contributed by atoms with van der Waals surface area (Å²) in [6.45, 7) is 0. The van der Waals surface area contributed by atoms with Crippen molar-refractivity contribution >= 4 is 82.1 Å². The van der Waals surface area contributed by atoms with Crippen LogP contribution >= 0.6 is 0 Å². The van der Waals surface area contributed by atoms with Crippen LogP contribution in [0, 0.1) is 0 Å². The Balaban J connectivity index is 1.11. The van der Waals surface area contributed by atoms with Gasteiger partial charge in [0.15, 0.2) is 0 Å². The fraction of sp³-hybridized carbons (Fsp3) is 0. The molecule has 0 aliphatic carbocycles. The molecule has 0 aliphatic heterocycles. The van der Waals surface area contributed by atoms with Crippen molar-refractivity contribution in [1.82, 2.24) is 0 Å². The van der Waals surface area contributed by atoms with Gasteiger partial charge in [-0.2, -0.15) is 0 Å². The van der Waals surface area contributed by atoms with Gasteiger partial charge in [-0.3, -0.25) is 0 Å². The second-order valence-corrected chi connectivity index (χ2v) is 15.0. The lowest BCUT2D eigenvalue weighted by atomic mass is 9.94. The Hall–Kier alpha value is -7.94. The van der Waals surface area contributed by atoms with E-state index in [0.29, 0.717) is 5.56 Å². The number of para-hydroxylation sites is 2. The molecule has 11 aromatic carbocycles. The maximum atomic E-state index is 9.26. The van der Waals surface area contributed by atoms with Crippen LogP contribution in [0.15, 0.2) is 229 Å². The van der Waals surface area contributed by atoms with E-state index in [4.69, 9.17) is 14.0 Å². The van der Waals surface area contributed by atoms with Gasteiger partial charge in [0.05, 0.1) is 12.3 Å². The molecule has 0 unspecified atom stereocenters. The highest BCUT2D eigenvalue weighted by molar-refractivity contribution is 6.13. The van der Waals surface area contributed by atoms with E-state index < -0.39 is 48.3 Å². The standard InChI is InChI=1S/C58H37NO/c1-2-12-38(13-3-1)43-34-44(51-20-11-22-55-54-18-8-9-23-57(54)60-58(51)55)36-47(35-43)59(46-32-28-42-25-24-39-14-5-7-17-50(39)56(42)37-46)45-30-26-41(27-31-45)49-19-10-21-52-48-16-6-4-15-40(48)29-33-53(49)52/h1-37H/i4D,6D,10D,15D,16D,19D,21D,29D,33D. The predicted octanol–water partition coefficient (Wildman–Crippen LogP) is 16.7. The summed E-state index contributed by atoms with van der Waals surface area (Å²) in [6, 6.07) is 53.4. The molecule has 12 rings (SSSR count). The minimum absolute atomic E-state index is 0.00881. The Morgan fingerprint density at radius 3 is 1.95 bits per heavy atom. The molecule has 0 bridgehead atoms. The van der Waals surface area contributed by atoms with Gasteiger partial charge in [-0.15, -0.1) is 0 Å². The normalized spacial score (nSPS) is 13.8. The van der Waals surface area contributed by atoms with E-state index in [1.54, 1.807) is 12.1 Å². The van der Waals surface area contributed by atoms with E-state index in [9.17, 15) is 2.74 Å². The number of nitrogens with zero attached hydrogens (tertiary/aromatic N) is 1. The molecule has 0 N–H and O–H groups in total. The topological polar surface area (TPSA) is 16.4 Å². The SMILES string of the molecule is [2H]c1c([2H])c([2H])c2c(c1[2H])c([2H])c([2H])c1c(-c3ccc(N(c4cc(-c5ccccc5)cc(-c5cccc6c5oc5ccccc56)c4)c4ccc5ccc6ccccc6c5c4)cc3)c([2H])c([2H])c([2H])c12. The highest BCUT2D eigenvalue weighted by Gasteiger charge is 2.20. The van der Waals surface area contributed by atoms with Crippen molar-refractivity contribution < 1.29 is 16.8 Å². The summed E-state index contributed by atoms with van der Waals surface area (Å²) >= 11 is 0. The van der Waals surface area contributed by atoms with Gasteiger partial charge in [0.2, 0.25) is 0 Å². The molecule has 280 valence electrons. The molecule has 1 aromatic heterocycles. The van der Waals surface area contributed by atoms with Crippen LogP contribution in [0.3, 0.4) is 0 Å². The zero-order valence-electron chi connectivity index (χ0n) is 41.0.